The van der Waals surface area contributed by atoms with Crippen LogP contribution in [0.2, 0.25) is 0 Å². The van der Waals surface area contributed by atoms with Crippen molar-refractivity contribution in [3.63, 3.8) is 0 Å². The number of carbonyl (C=O) groups excluding carboxylic acids is 2. The Bertz CT molecular complexity index is 314. The Morgan fingerprint density at radius 1 is 1.31 bits per heavy atom. The van der Waals surface area contributed by atoms with E-state index < -0.39 is 18.0 Å². The molecule has 0 aromatic carbocycles. The van der Waals surface area contributed by atoms with E-state index in [4.69, 9.17) is 5.11 Å². The fourth-order valence-electron chi connectivity index (χ4n) is 0.643. The van der Waals surface area contributed by atoms with Gasteiger partial charge in [0.2, 0.25) is 0 Å². The highest BCUT2D eigenvalue weighted by Gasteiger charge is 2.11. The number of carbonyl (C=O) groups is 2. The van der Waals surface area contributed by atoms with Crippen LogP contribution in [0, 0.1) is 0 Å². The highest BCUT2D eigenvalue weighted by atomic mass is 17.2. The summed E-state index contributed by atoms with van der Waals surface area (Å²) in [6.45, 7) is 7.85. The molecule has 1 atom stereocenters. The van der Waals surface area contributed by atoms with Crippen molar-refractivity contribution in [2.45, 2.75) is 33.3 Å². The van der Waals surface area contributed by atoms with Gasteiger partial charge in [-0.1, -0.05) is 12.7 Å². The Morgan fingerprint density at radius 3 is 2.25 bits per heavy atom. The fraction of sp³-hybridized carbons (Fsp3) is 0.455. The molecule has 0 spiro atoms. The maximum atomic E-state index is 11.2. The molecule has 0 radical (unpaired) electrons. The first-order valence-electron chi connectivity index (χ1n) is 4.78. The summed E-state index contributed by atoms with van der Waals surface area (Å²) in [4.78, 5) is 30.5. The third kappa shape index (κ3) is 5.98. The van der Waals surface area contributed by atoms with E-state index in [1.807, 2.05) is 0 Å². The summed E-state index contributed by atoms with van der Waals surface area (Å²) in [5, 5.41) is 8.98. The molecule has 5 nitrogen and oxygen atoms in total. The minimum atomic E-state index is -0.795. The molecule has 0 saturated carbocycles. The molecule has 0 aliphatic rings. The largest absolute Gasteiger partial charge is 0.393 e. The van der Waals surface area contributed by atoms with Gasteiger partial charge in [-0.3, -0.25) is 0 Å². The minimum absolute atomic E-state index is 0.137. The Kier molecular flexibility index (Phi) is 6.10. The van der Waals surface area contributed by atoms with Crippen molar-refractivity contribution in [2.75, 3.05) is 0 Å². The van der Waals surface area contributed by atoms with Gasteiger partial charge >= 0.3 is 11.9 Å². The lowest BCUT2D eigenvalue weighted by Gasteiger charge is -2.03. The Balaban J connectivity index is 4.11. The van der Waals surface area contributed by atoms with Crippen LogP contribution in [0.25, 0.3) is 0 Å². The van der Waals surface area contributed by atoms with Gasteiger partial charge in [0.15, 0.2) is 0 Å². The van der Waals surface area contributed by atoms with Crippen LogP contribution >= 0.6 is 0 Å². The lowest BCUT2D eigenvalue weighted by atomic mass is 10.2. The monoisotopic (exact) mass is 228 g/mol. The summed E-state index contributed by atoms with van der Waals surface area (Å²) < 4.78 is 0. The Labute approximate surface area is 94.3 Å². The molecular formula is C11H16O5. The molecule has 5 heteroatoms. The number of aliphatic hydroxyl groups is 1. The van der Waals surface area contributed by atoms with Crippen LogP contribution in [0.3, 0.4) is 0 Å². The normalized spacial score (nSPS) is 12.9. The molecule has 0 aliphatic carbocycles. The SMILES string of the molecule is C=C(C)C(=O)OOC(=O)/C(C)=C/CC(C)O. The van der Waals surface area contributed by atoms with Crippen molar-refractivity contribution in [2.24, 2.45) is 0 Å². The van der Waals surface area contributed by atoms with Crippen LogP contribution in [0.4, 0.5) is 0 Å². The van der Waals surface area contributed by atoms with Crippen LogP contribution in [0.5, 0.6) is 0 Å². The van der Waals surface area contributed by atoms with Crippen molar-refractivity contribution in [3.05, 3.63) is 23.8 Å². The smallest absolute Gasteiger partial charge is 0.381 e. The zero-order valence-electron chi connectivity index (χ0n) is 9.65. The first-order chi connectivity index (χ1) is 7.34. The van der Waals surface area contributed by atoms with Crippen LogP contribution in [-0.2, 0) is 19.4 Å². The van der Waals surface area contributed by atoms with Crippen LogP contribution < -0.4 is 0 Å². The third-order valence-electron chi connectivity index (χ3n) is 1.63. The molecule has 0 aliphatic heterocycles. The molecule has 0 saturated heterocycles. The topological polar surface area (TPSA) is 72.8 Å². The quantitative estimate of drug-likeness (QED) is 0.446. The molecule has 1 unspecified atom stereocenters. The molecule has 0 aromatic heterocycles. The van der Waals surface area contributed by atoms with Gasteiger partial charge in [0.1, 0.15) is 0 Å². The zero-order valence-corrected chi connectivity index (χ0v) is 9.65. The van der Waals surface area contributed by atoms with Gasteiger partial charge in [-0.05, 0) is 27.2 Å². The van der Waals surface area contributed by atoms with Gasteiger partial charge < -0.3 is 5.11 Å². The molecule has 0 heterocycles. The van der Waals surface area contributed by atoms with E-state index in [0.717, 1.165) is 0 Å². The first-order valence-corrected chi connectivity index (χ1v) is 4.78. The van der Waals surface area contributed by atoms with E-state index in [1.54, 1.807) is 6.92 Å². The van der Waals surface area contributed by atoms with E-state index >= 15 is 0 Å². The van der Waals surface area contributed by atoms with Gasteiger partial charge in [0, 0.05) is 11.1 Å². The second kappa shape index (κ2) is 6.79. The van der Waals surface area contributed by atoms with Gasteiger partial charge in [0.25, 0.3) is 0 Å². The maximum absolute atomic E-state index is 11.2. The van der Waals surface area contributed by atoms with Crippen LogP contribution in [-0.4, -0.2) is 23.1 Å². The second-order valence-electron chi connectivity index (χ2n) is 3.49. The maximum Gasteiger partial charge on any atom is 0.381 e. The zero-order chi connectivity index (χ0) is 12.7. The average molecular weight is 228 g/mol. The molecule has 0 bridgehead atoms. The third-order valence-corrected chi connectivity index (χ3v) is 1.63. The summed E-state index contributed by atoms with van der Waals surface area (Å²) in [7, 11) is 0. The molecule has 0 fully saturated rings. The average Bonchev–Trinajstić information content (AvgIpc) is 2.21. The standard InChI is InChI=1S/C11H16O5/c1-7(2)10(13)15-16-11(14)8(3)5-6-9(4)12/h5,9,12H,1,6H2,2-4H3/b8-5+. The van der Waals surface area contributed by atoms with Crippen LogP contribution in [0.15, 0.2) is 23.8 Å². The minimum Gasteiger partial charge on any atom is -0.393 e. The lowest BCUT2D eigenvalue weighted by molar-refractivity contribution is -0.252. The summed E-state index contributed by atoms with van der Waals surface area (Å²) in [5.74, 6) is -1.56. The van der Waals surface area contributed by atoms with E-state index in [1.165, 1.54) is 19.9 Å². The first kappa shape index (κ1) is 14.4. The summed E-state index contributed by atoms with van der Waals surface area (Å²) >= 11 is 0. The second-order valence-corrected chi connectivity index (χ2v) is 3.49. The number of hydrogen-bond acceptors (Lipinski definition) is 5. The van der Waals surface area contributed by atoms with E-state index in [9.17, 15) is 9.59 Å². The van der Waals surface area contributed by atoms with Crippen molar-refractivity contribution in [1.82, 2.24) is 0 Å². The fourth-order valence-corrected chi connectivity index (χ4v) is 0.643. The molecule has 16 heavy (non-hydrogen) atoms. The van der Waals surface area contributed by atoms with Crippen molar-refractivity contribution < 1.29 is 24.5 Å². The van der Waals surface area contributed by atoms with Crippen molar-refractivity contribution >= 4 is 11.9 Å². The predicted molar refractivity (Wildman–Crippen MR) is 57.1 cm³/mol. The number of hydrogen-bond donors (Lipinski definition) is 1. The molecule has 0 aromatic rings. The van der Waals surface area contributed by atoms with Gasteiger partial charge in [0.05, 0.1) is 6.10 Å². The highest BCUT2D eigenvalue weighted by Crippen LogP contribution is 2.03. The lowest BCUT2D eigenvalue weighted by Crippen LogP contribution is -2.12. The molecule has 90 valence electrons. The van der Waals surface area contributed by atoms with Gasteiger partial charge in [-0.25, -0.2) is 19.4 Å². The predicted octanol–water partition coefficient (Wildman–Crippen LogP) is 1.28. The van der Waals surface area contributed by atoms with E-state index in [-0.39, 0.29) is 11.1 Å². The van der Waals surface area contributed by atoms with E-state index in [0.29, 0.717) is 6.42 Å². The Hall–Kier alpha value is -1.62. The van der Waals surface area contributed by atoms with Crippen molar-refractivity contribution in [3.8, 4) is 0 Å². The number of aliphatic hydroxyl groups excluding tert-OH is 1. The summed E-state index contributed by atoms with van der Waals surface area (Å²) in [6.07, 6.45) is 1.29. The molecule has 1 N–H and O–H groups in total. The van der Waals surface area contributed by atoms with Gasteiger partial charge in [-0.15, -0.1) is 0 Å². The van der Waals surface area contributed by atoms with Gasteiger partial charge in [-0.2, -0.15) is 0 Å². The van der Waals surface area contributed by atoms with Crippen molar-refractivity contribution in [1.29, 1.82) is 0 Å². The highest BCUT2D eigenvalue weighted by molar-refractivity contribution is 5.90. The number of rotatable bonds is 4. The molecule has 0 amide bonds. The van der Waals surface area contributed by atoms with E-state index in [2.05, 4.69) is 16.4 Å². The Morgan fingerprint density at radius 2 is 1.81 bits per heavy atom. The summed E-state index contributed by atoms with van der Waals surface area (Å²) in [5.41, 5.74) is 0.397. The molecule has 0 rings (SSSR count). The molecular weight excluding hydrogens is 212 g/mol. The van der Waals surface area contributed by atoms with Crippen LogP contribution in [0.1, 0.15) is 27.2 Å². The summed E-state index contributed by atoms with van der Waals surface area (Å²) in [6, 6.07) is 0.